The van der Waals surface area contributed by atoms with Crippen LogP contribution in [0.4, 0.5) is 0 Å². The van der Waals surface area contributed by atoms with Crippen molar-refractivity contribution in [1.82, 2.24) is 9.99 Å². The van der Waals surface area contributed by atoms with Crippen LogP contribution in [0, 0.1) is 5.92 Å². The van der Waals surface area contributed by atoms with E-state index in [4.69, 9.17) is 14.6 Å². The monoisotopic (exact) mass is 499 g/mol. The van der Waals surface area contributed by atoms with Gasteiger partial charge in [0.1, 0.15) is 11.5 Å². The number of rotatable bonds is 7. The quantitative estimate of drug-likeness (QED) is 0.372. The third-order valence-corrected chi connectivity index (χ3v) is 7.58. The highest BCUT2D eigenvalue weighted by Gasteiger charge is 2.43. The zero-order valence-corrected chi connectivity index (χ0v) is 21.3. The van der Waals surface area contributed by atoms with Gasteiger partial charge in [0, 0.05) is 12.1 Å². The third-order valence-electron chi connectivity index (χ3n) is 6.65. The average molecular weight is 500 g/mol. The summed E-state index contributed by atoms with van der Waals surface area (Å²) in [6.45, 7) is 0. The first-order valence-electron chi connectivity index (χ1n) is 12.1. The summed E-state index contributed by atoms with van der Waals surface area (Å²) in [7, 11) is 3.33. The van der Waals surface area contributed by atoms with Gasteiger partial charge >= 0.3 is 0 Å². The summed E-state index contributed by atoms with van der Waals surface area (Å²) in [5.74, 6) is 2.05. The number of benzene rings is 2. The second kappa shape index (κ2) is 11.0. The van der Waals surface area contributed by atoms with Gasteiger partial charge in [-0.1, -0.05) is 42.1 Å². The lowest BCUT2D eigenvalue weighted by Gasteiger charge is -2.29. The maximum Gasteiger partial charge on any atom is 0.253 e. The molecule has 0 saturated heterocycles. The zero-order chi connectivity index (χ0) is 24.9. The van der Waals surface area contributed by atoms with Gasteiger partial charge in [0.2, 0.25) is 0 Å². The molecule has 184 valence electrons. The number of thioether (sulfide) groups is 1. The Morgan fingerprint density at radius 3 is 2.42 bits per heavy atom. The van der Waals surface area contributed by atoms with Crippen LogP contribution in [-0.2, 0) is 4.79 Å². The average Bonchev–Trinajstić information content (AvgIpc) is 3.33. The number of hydrazone groups is 1. The molecule has 1 saturated carbocycles. The Labute approximate surface area is 216 Å². The Balaban J connectivity index is 1.46. The van der Waals surface area contributed by atoms with E-state index in [9.17, 15) is 4.79 Å². The highest BCUT2D eigenvalue weighted by molar-refractivity contribution is 7.99. The summed E-state index contributed by atoms with van der Waals surface area (Å²) in [5.41, 5.74) is 4.39. The summed E-state index contributed by atoms with van der Waals surface area (Å²) >= 11 is 1.44. The second-order valence-corrected chi connectivity index (χ2v) is 9.84. The highest BCUT2D eigenvalue weighted by atomic mass is 32.2. The fourth-order valence-electron chi connectivity index (χ4n) is 4.88. The van der Waals surface area contributed by atoms with Crippen molar-refractivity contribution < 1.29 is 14.3 Å². The standard InChI is InChI=1S/C29H29N3O3S/c1-34-23-13-9-20(10-14-23)18-22-6-5-7-25-28(22)31-32(27(33)19-36-26-8-3-4-17-30-26)29(25)21-11-15-24(35-2)16-12-21/h3-4,8-18,25,29H,5-7,19H2,1-2H3/b22-18-/t25-,29+/m0/s1. The van der Waals surface area contributed by atoms with E-state index in [-0.39, 0.29) is 23.6 Å². The topological polar surface area (TPSA) is 64.0 Å². The molecule has 2 atom stereocenters. The first-order chi connectivity index (χ1) is 17.7. The van der Waals surface area contributed by atoms with Gasteiger partial charge in [-0.3, -0.25) is 4.79 Å². The van der Waals surface area contributed by atoms with Gasteiger partial charge in [0.15, 0.2) is 0 Å². The van der Waals surface area contributed by atoms with Gasteiger partial charge in [0.05, 0.1) is 36.8 Å². The Morgan fingerprint density at radius 2 is 1.75 bits per heavy atom. The number of methoxy groups -OCH3 is 2. The van der Waals surface area contributed by atoms with E-state index in [0.29, 0.717) is 0 Å². The Hall–Kier alpha value is -3.58. The summed E-state index contributed by atoms with van der Waals surface area (Å²) in [6.07, 6.45) is 6.94. The van der Waals surface area contributed by atoms with Crippen LogP contribution in [0.15, 0.2) is 88.6 Å². The number of amides is 1. The number of hydrogen-bond donors (Lipinski definition) is 0. The predicted molar refractivity (Wildman–Crippen MR) is 143 cm³/mol. The molecule has 36 heavy (non-hydrogen) atoms. The van der Waals surface area contributed by atoms with Gasteiger partial charge in [-0.05, 0) is 78.4 Å². The lowest BCUT2D eigenvalue weighted by molar-refractivity contribution is -0.130. The van der Waals surface area contributed by atoms with Crippen molar-refractivity contribution in [3.8, 4) is 11.5 Å². The van der Waals surface area contributed by atoms with Crippen molar-refractivity contribution in [1.29, 1.82) is 0 Å². The van der Waals surface area contributed by atoms with Crippen molar-refractivity contribution >= 4 is 29.5 Å². The molecule has 1 amide bonds. The van der Waals surface area contributed by atoms with Crippen molar-refractivity contribution in [2.75, 3.05) is 20.0 Å². The molecule has 2 aliphatic rings. The minimum atomic E-state index is -0.137. The molecule has 7 heteroatoms. The molecule has 0 radical (unpaired) electrons. The molecule has 1 fully saturated rings. The van der Waals surface area contributed by atoms with E-state index in [0.717, 1.165) is 52.6 Å². The molecule has 0 spiro atoms. The largest absolute Gasteiger partial charge is 0.497 e. The number of allylic oxidation sites excluding steroid dienone is 1. The SMILES string of the molecule is COc1ccc(/C=C2/CCC[C@H]3C2=NN(C(=O)CSc2ccccn2)[C@@H]3c2ccc(OC)cc2)cc1. The van der Waals surface area contributed by atoms with E-state index >= 15 is 0 Å². The highest BCUT2D eigenvalue weighted by Crippen LogP contribution is 2.45. The Bertz CT molecular complexity index is 1260. The summed E-state index contributed by atoms with van der Waals surface area (Å²) in [6, 6.07) is 21.6. The van der Waals surface area contributed by atoms with Gasteiger partial charge in [-0.2, -0.15) is 5.10 Å². The van der Waals surface area contributed by atoms with E-state index in [1.54, 1.807) is 25.4 Å². The molecule has 2 aromatic carbocycles. The van der Waals surface area contributed by atoms with Crippen molar-refractivity contribution in [3.05, 3.63) is 89.6 Å². The fraction of sp³-hybridized carbons (Fsp3) is 0.276. The lowest BCUT2D eigenvalue weighted by Crippen LogP contribution is -2.32. The van der Waals surface area contributed by atoms with Gasteiger partial charge in [0.25, 0.3) is 5.91 Å². The normalized spacial score (nSPS) is 20.1. The maximum atomic E-state index is 13.5. The van der Waals surface area contributed by atoms with Gasteiger partial charge in [-0.25, -0.2) is 9.99 Å². The minimum absolute atomic E-state index is 0.0165. The molecule has 6 nitrogen and oxygen atoms in total. The number of carbonyl (C=O) groups excluding carboxylic acids is 1. The Morgan fingerprint density at radius 1 is 1.03 bits per heavy atom. The van der Waals surface area contributed by atoms with Crippen LogP contribution < -0.4 is 9.47 Å². The van der Waals surface area contributed by atoms with Crippen molar-refractivity contribution in [2.45, 2.75) is 30.3 Å². The van der Waals surface area contributed by atoms with E-state index in [1.165, 1.54) is 17.3 Å². The first kappa shape index (κ1) is 24.1. The Kier molecular flexibility index (Phi) is 7.37. The molecule has 1 aromatic heterocycles. The van der Waals surface area contributed by atoms with E-state index < -0.39 is 0 Å². The van der Waals surface area contributed by atoms with E-state index in [1.807, 2.05) is 42.5 Å². The van der Waals surface area contributed by atoms with Crippen LogP contribution in [0.5, 0.6) is 11.5 Å². The van der Waals surface area contributed by atoms with E-state index in [2.05, 4.69) is 35.3 Å². The van der Waals surface area contributed by atoms with Gasteiger partial charge < -0.3 is 9.47 Å². The molecular weight excluding hydrogens is 470 g/mol. The molecule has 0 N–H and O–H groups in total. The summed E-state index contributed by atoms with van der Waals surface area (Å²) in [5, 5.41) is 7.52. The maximum absolute atomic E-state index is 13.5. The number of carbonyl (C=O) groups is 1. The number of fused-ring (bicyclic) bond motifs is 1. The lowest BCUT2D eigenvalue weighted by atomic mass is 9.77. The van der Waals surface area contributed by atoms with Crippen LogP contribution in [0.3, 0.4) is 0 Å². The molecule has 1 aliphatic carbocycles. The molecule has 0 unspecified atom stereocenters. The minimum Gasteiger partial charge on any atom is -0.497 e. The van der Waals surface area contributed by atoms with Crippen molar-refractivity contribution in [2.24, 2.45) is 11.0 Å². The van der Waals surface area contributed by atoms with Gasteiger partial charge in [-0.15, -0.1) is 0 Å². The van der Waals surface area contributed by atoms with Crippen LogP contribution in [0.1, 0.15) is 36.4 Å². The number of aromatic nitrogens is 1. The van der Waals surface area contributed by atoms with Crippen molar-refractivity contribution in [3.63, 3.8) is 0 Å². The molecule has 2 heterocycles. The fourth-order valence-corrected chi connectivity index (χ4v) is 5.59. The first-order valence-corrected chi connectivity index (χ1v) is 13.1. The summed E-state index contributed by atoms with van der Waals surface area (Å²) < 4.78 is 10.7. The van der Waals surface area contributed by atoms with Crippen LogP contribution in [0.25, 0.3) is 6.08 Å². The smallest absolute Gasteiger partial charge is 0.253 e. The molecule has 1 aliphatic heterocycles. The number of pyridine rings is 1. The third kappa shape index (κ3) is 5.16. The molecule has 5 rings (SSSR count). The number of ether oxygens (including phenoxy) is 2. The zero-order valence-electron chi connectivity index (χ0n) is 20.5. The van der Waals surface area contributed by atoms with Crippen LogP contribution in [-0.4, -0.2) is 41.6 Å². The molecule has 0 bridgehead atoms. The summed E-state index contributed by atoms with van der Waals surface area (Å²) in [4.78, 5) is 17.9. The molecular formula is C29H29N3O3S. The molecule has 3 aromatic rings. The van der Waals surface area contributed by atoms with Crippen LogP contribution >= 0.6 is 11.8 Å². The second-order valence-electron chi connectivity index (χ2n) is 8.84. The predicted octanol–water partition coefficient (Wildman–Crippen LogP) is 6.01. The van der Waals surface area contributed by atoms with Crippen LogP contribution in [0.2, 0.25) is 0 Å². The number of hydrogen-bond acceptors (Lipinski definition) is 6. The number of nitrogens with zero attached hydrogens (tertiary/aromatic N) is 3.